The summed E-state index contributed by atoms with van der Waals surface area (Å²) in [5.74, 6) is 0. The quantitative estimate of drug-likeness (QED) is 0.559. The Morgan fingerprint density at radius 1 is 1.36 bits per heavy atom. The lowest BCUT2D eigenvalue weighted by Gasteiger charge is -2.05. The molecule has 1 aromatic carbocycles. The molecule has 2 heteroatoms. The molecule has 0 bridgehead atoms. The van der Waals surface area contributed by atoms with Gasteiger partial charge in [-0.25, -0.2) is 0 Å². The molecule has 0 unspecified atom stereocenters. The predicted octanol–water partition coefficient (Wildman–Crippen LogP) is 2.08. The van der Waals surface area contributed by atoms with Gasteiger partial charge in [-0.15, -0.1) is 0 Å². The van der Waals surface area contributed by atoms with Crippen molar-refractivity contribution in [1.29, 1.82) is 0 Å². The van der Waals surface area contributed by atoms with Gasteiger partial charge in [0.15, 0.2) is 0 Å². The summed E-state index contributed by atoms with van der Waals surface area (Å²) in [5, 5.41) is 9.51. The van der Waals surface area contributed by atoms with Crippen LogP contribution in [0.3, 0.4) is 0 Å². The first-order valence-corrected chi connectivity index (χ1v) is 4.93. The van der Waals surface area contributed by atoms with Crippen LogP contribution in [0.15, 0.2) is 24.3 Å². The lowest BCUT2D eigenvalue weighted by atomic mass is 10.1. The Kier molecular flexibility index (Phi) is 1.89. The van der Waals surface area contributed by atoms with E-state index >= 15 is 0 Å². The molecule has 1 nitrogen and oxygen atoms in total. The zero-order valence-electron chi connectivity index (χ0n) is 6.00. The van der Waals surface area contributed by atoms with E-state index in [4.69, 9.17) is 0 Å². The Morgan fingerprint density at radius 2 is 2.09 bits per heavy atom. The number of aliphatic hydroxyl groups is 1. The third kappa shape index (κ3) is 1.18. The van der Waals surface area contributed by atoms with Crippen molar-refractivity contribution in [3.8, 4) is 0 Å². The predicted molar refractivity (Wildman–Crippen MR) is 52.9 cm³/mol. The average molecular weight is 260 g/mol. The average Bonchev–Trinajstić information content (AvgIpc) is 2.30. The van der Waals surface area contributed by atoms with E-state index < -0.39 is 0 Å². The minimum absolute atomic E-state index is 0.173. The maximum Gasteiger partial charge on any atom is 0.0739 e. The van der Waals surface area contributed by atoms with E-state index in [1.165, 1.54) is 11.1 Å². The fourth-order valence-corrected chi connectivity index (χ4v) is 2.39. The highest BCUT2D eigenvalue weighted by atomic mass is 127. The summed E-state index contributed by atoms with van der Waals surface area (Å²) >= 11 is 2.30. The number of fused-ring (bicyclic) bond motifs is 1. The smallest absolute Gasteiger partial charge is 0.0739 e. The van der Waals surface area contributed by atoms with E-state index in [2.05, 4.69) is 34.7 Å². The summed E-state index contributed by atoms with van der Waals surface area (Å²) in [4.78, 5) is 0. The fourth-order valence-electron chi connectivity index (χ4n) is 1.53. The van der Waals surface area contributed by atoms with Crippen molar-refractivity contribution in [2.24, 2.45) is 0 Å². The molecular formula is C9H9IO. The molecule has 0 heterocycles. The molecule has 2 rings (SSSR count). The van der Waals surface area contributed by atoms with E-state index in [0.29, 0.717) is 3.92 Å². The van der Waals surface area contributed by atoms with Crippen molar-refractivity contribution in [2.45, 2.75) is 16.4 Å². The Balaban J connectivity index is 2.47. The summed E-state index contributed by atoms with van der Waals surface area (Å²) in [7, 11) is 0. The van der Waals surface area contributed by atoms with E-state index in [-0.39, 0.29) is 6.10 Å². The van der Waals surface area contributed by atoms with Crippen molar-refractivity contribution in [1.82, 2.24) is 0 Å². The zero-order chi connectivity index (χ0) is 7.84. The van der Waals surface area contributed by atoms with Crippen molar-refractivity contribution in [3.63, 3.8) is 0 Å². The second-order valence-electron chi connectivity index (χ2n) is 2.87. The van der Waals surface area contributed by atoms with Gasteiger partial charge in [0.2, 0.25) is 0 Å². The summed E-state index contributed by atoms with van der Waals surface area (Å²) in [5.41, 5.74) is 2.61. The summed E-state index contributed by atoms with van der Waals surface area (Å²) in [6.45, 7) is 0. The SMILES string of the molecule is O[C@H]1Cc2ccccc2[C@@H]1I. The van der Waals surface area contributed by atoms with Crippen molar-refractivity contribution in [2.75, 3.05) is 0 Å². The van der Waals surface area contributed by atoms with E-state index in [1.54, 1.807) is 0 Å². The van der Waals surface area contributed by atoms with Crippen LogP contribution in [0.5, 0.6) is 0 Å². The van der Waals surface area contributed by atoms with E-state index in [0.717, 1.165) is 6.42 Å². The molecular weight excluding hydrogens is 251 g/mol. The lowest BCUT2D eigenvalue weighted by Crippen LogP contribution is -2.06. The zero-order valence-corrected chi connectivity index (χ0v) is 8.15. The molecule has 0 saturated heterocycles. The molecule has 1 aromatic rings. The Morgan fingerprint density at radius 3 is 2.82 bits per heavy atom. The van der Waals surface area contributed by atoms with Crippen LogP contribution in [-0.2, 0) is 6.42 Å². The third-order valence-electron chi connectivity index (χ3n) is 2.12. The number of rotatable bonds is 0. The fraction of sp³-hybridized carbons (Fsp3) is 0.333. The maximum absolute atomic E-state index is 9.51. The molecule has 11 heavy (non-hydrogen) atoms. The van der Waals surface area contributed by atoms with E-state index in [1.807, 2.05) is 12.1 Å². The Labute approximate surface area is 79.6 Å². The van der Waals surface area contributed by atoms with Gasteiger partial charge in [-0.1, -0.05) is 46.9 Å². The molecule has 0 aliphatic heterocycles. The van der Waals surface area contributed by atoms with Crippen LogP contribution < -0.4 is 0 Å². The summed E-state index contributed by atoms with van der Waals surface area (Å²) in [6.07, 6.45) is 0.650. The topological polar surface area (TPSA) is 20.2 Å². The van der Waals surface area contributed by atoms with Gasteiger partial charge in [-0.3, -0.25) is 0 Å². The number of halogens is 1. The highest BCUT2D eigenvalue weighted by molar-refractivity contribution is 14.1. The normalized spacial score (nSPS) is 28.5. The van der Waals surface area contributed by atoms with Gasteiger partial charge in [0.05, 0.1) is 10.0 Å². The minimum atomic E-state index is -0.173. The second kappa shape index (κ2) is 2.75. The van der Waals surface area contributed by atoms with Crippen LogP contribution in [0.25, 0.3) is 0 Å². The Bertz CT molecular complexity index is 272. The van der Waals surface area contributed by atoms with Crippen molar-refractivity contribution < 1.29 is 5.11 Å². The van der Waals surface area contributed by atoms with Gasteiger partial charge in [0.1, 0.15) is 0 Å². The van der Waals surface area contributed by atoms with Gasteiger partial charge < -0.3 is 5.11 Å². The van der Waals surface area contributed by atoms with E-state index in [9.17, 15) is 5.11 Å². The number of aliphatic hydroxyl groups excluding tert-OH is 1. The monoisotopic (exact) mass is 260 g/mol. The van der Waals surface area contributed by atoms with Crippen LogP contribution in [0.1, 0.15) is 15.1 Å². The first-order chi connectivity index (χ1) is 5.29. The van der Waals surface area contributed by atoms with Crippen LogP contribution in [0, 0.1) is 0 Å². The van der Waals surface area contributed by atoms with Crippen LogP contribution in [0.4, 0.5) is 0 Å². The molecule has 0 amide bonds. The van der Waals surface area contributed by atoms with Gasteiger partial charge >= 0.3 is 0 Å². The summed E-state index contributed by atoms with van der Waals surface area (Å²) < 4.78 is 0.295. The van der Waals surface area contributed by atoms with Crippen LogP contribution >= 0.6 is 22.6 Å². The molecule has 1 aliphatic carbocycles. The molecule has 1 aliphatic rings. The van der Waals surface area contributed by atoms with Crippen LogP contribution in [-0.4, -0.2) is 11.2 Å². The first kappa shape index (κ1) is 7.55. The van der Waals surface area contributed by atoms with Gasteiger partial charge in [-0.2, -0.15) is 0 Å². The van der Waals surface area contributed by atoms with Gasteiger partial charge in [0.25, 0.3) is 0 Å². The maximum atomic E-state index is 9.51. The molecule has 58 valence electrons. The first-order valence-electron chi connectivity index (χ1n) is 3.69. The van der Waals surface area contributed by atoms with Gasteiger partial charge in [0, 0.05) is 6.42 Å². The summed E-state index contributed by atoms with van der Waals surface area (Å²) in [6, 6.07) is 8.25. The standard InChI is InChI=1S/C9H9IO/c10-9-7-4-2-1-3-6(7)5-8(9)11/h1-4,8-9,11H,5H2/t8-,9-/m0/s1. The molecule has 0 fully saturated rings. The molecule has 0 spiro atoms. The minimum Gasteiger partial charge on any atom is -0.391 e. The molecule has 0 saturated carbocycles. The number of hydrogen-bond donors (Lipinski definition) is 1. The van der Waals surface area contributed by atoms with Crippen molar-refractivity contribution in [3.05, 3.63) is 35.4 Å². The van der Waals surface area contributed by atoms with Crippen molar-refractivity contribution >= 4 is 22.6 Å². The lowest BCUT2D eigenvalue weighted by molar-refractivity contribution is 0.188. The highest BCUT2D eigenvalue weighted by Gasteiger charge is 2.27. The molecule has 0 aromatic heterocycles. The number of benzene rings is 1. The highest BCUT2D eigenvalue weighted by Crippen LogP contribution is 2.37. The molecule has 0 radical (unpaired) electrons. The number of alkyl halides is 1. The third-order valence-corrected chi connectivity index (χ3v) is 3.62. The van der Waals surface area contributed by atoms with Crippen LogP contribution in [0.2, 0.25) is 0 Å². The number of hydrogen-bond acceptors (Lipinski definition) is 1. The van der Waals surface area contributed by atoms with Gasteiger partial charge in [-0.05, 0) is 11.1 Å². The second-order valence-corrected chi connectivity index (χ2v) is 4.21. The molecule has 2 atom stereocenters. The Hall–Kier alpha value is -0.0900. The molecule has 1 N–H and O–H groups in total. The largest absolute Gasteiger partial charge is 0.391 e.